The second-order valence-corrected chi connectivity index (χ2v) is 9.23. The van der Waals surface area contributed by atoms with Gasteiger partial charge in [-0.3, -0.25) is 0 Å². The summed E-state index contributed by atoms with van der Waals surface area (Å²) < 4.78 is 25.2. The molecule has 2 rings (SSSR count). The summed E-state index contributed by atoms with van der Waals surface area (Å²) in [5, 5.41) is -0.403. The summed E-state index contributed by atoms with van der Waals surface area (Å²) >= 11 is 3.43. The summed E-state index contributed by atoms with van der Waals surface area (Å²) in [6.45, 7) is 7.78. The molecule has 1 aromatic rings. The maximum absolute atomic E-state index is 12.2. The first-order chi connectivity index (χ1) is 9.32. The highest BCUT2D eigenvalue weighted by Crippen LogP contribution is 2.31. The van der Waals surface area contributed by atoms with Gasteiger partial charge in [0, 0.05) is 23.2 Å². The van der Waals surface area contributed by atoms with Gasteiger partial charge in [-0.1, -0.05) is 6.92 Å². The van der Waals surface area contributed by atoms with Crippen LogP contribution in [0.1, 0.15) is 33.6 Å². The molecule has 0 bridgehead atoms. The van der Waals surface area contributed by atoms with Crippen molar-refractivity contribution in [2.24, 2.45) is 5.92 Å². The average molecular weight is 360 g/mol. The van der Waals surface area contributed by atoms with E-state index in [-0.39, 0.29) is 0 Å². The van der Waals surface area contributed by atoms with Gasteiger partial charge >= 0.3 is 0 Å². The number of hydrogen-bond donors (Lipinski definition) is 0. The number of halogens is 1. The molecule has 0 spiro atoms. The van der Waals surface area contributed by atoms with Gasteiger partial charge in [0.1, 0.15) is 0 Å². The Hall–Kier alpha value is -0.550. The highest BCUT2D eigenvalue weighted by atomic mass is 79.9. The van der Waals surface area contributed by atoms with Crippen LogP contribution in [0, 0.1) is 5.92 Å². The Morgan fingerprint density at radius 3 is 2.60 bits per heavy atom. The van der Waals surface area contributed by atoms with E-state index >= 15 is 0 Å². The van der Waals surface area contributed by atoms with Crippen molar-refractivity contribution in [2.45, 2.75) is 43.8 Å². The molecule has 20 heavy (non-hydrogen) atoms. The fourth-order valence-electron chi connectivity index (χ4n) is 2.60. The van der Waals surface area contributed by atoms with Crippen molar-refractivity contribution in [3.05, 3.63) is 22.7 Å². The van der Waals surface area contributed by atoms with Gasteiger partial charge in [0.05, 0.1) is 10.1 Å². The van der Waals surface area contributed by atoms with Crippen molar-refractivity contribution in [3.8, 4) is 0 Å². The quantitative estimate of drug-likeness (QED) is 0.821. The molecule has 1 aliphatic heterocycles. The monoisotopic (exact) mass is 359 g/mol. The van der Waals surface area contributed by atoms with Gasteiger partial charge in [-0.05, 0) is 66.7 Å². The zero-order chi connectivity index (χ0) is 14.9. The Balaban J connectivity index is 2.31. The molecule has 0 aromatic heterocycles. The van der Waals surface area contributed by atoms with Crippen molar-refractivity contribution >= 4 is 31.5 Å². The first kappa shape index (κ1) is 15.8. The normalized spacial score (nSPS) is 20.4. The zero-order valence-corrected chi connectivity index (χ0v) is 14.7. The van der Waals surface area contributed by atoms with Crippen molar-refractivity contribution in [1.82, 2.24) is 0 Å². The van der Waals surface area contributed by atoms with E-state index in [4.69, 9.17) is 0 Å². The lowest BCUT2D eigenvalue weighted by Crippen LogP contribution is -2.34. The summed E-state index contributed by atoms with van der Waals surface area (Å²) in [4.78, 5) is 2.73. The van der Waals surface area contributed by atoms with Crippen LogP contribution in [0.5, 0.6) is 0 Å². The van der Waals surface area contributed by atoms with Crippen LogP contribution in [0.25, 0.3) is 0 Å². The Kier molecular flexibility index (Phi) is 4.80. The largest absolute Gasteiger partial charge is 0.371 e. The third kappa shape index (κ3) is 3.19. The minimum atomic E-state index is -3.23. The maximum Gasteiger partial charge on any atom is 0.181 e. The lowest BCUT2D eigenvalue weighted by Gasteiger charge is -2.33. The van der Waals surface area contributed by atoms with Crippen LogP contribution in [0.15, 0.2) is 27.6 Å². The zero-order valence-electron chi connectivity index (χ0n) is 12.3. The fraction of sp³-hybridized carbons (Fsp3) is 0.600. The second-order valence-electron chi connectivity index (χ2n) is 5.90. The summed E-state index contributed by atoms with van der Waals surface area (Å²) in [5.41, 5.74) is 1.10. The summed E-state index contributed by atoms with van der Waals surface area (Å²) in [6, 6.07) is 5.60. The van der Waals surface area contributed by atoms with Crippen LogP contribution < -0.4 is 4.90 Å². The lowest BCUT2D eigenvalue weighted by molar-refractivity contribution is 0.447. The highest BCUT2D eigenvalue weighted by Gasteiger charge is 2.23. The number of nitrogens with zero attached hydrogens (tertiary/aromatic N) is 1. The van der Waals surface area contributed by atoms with Crippen LogP contribution >= 0.6 is 15.9 Å². The van der Waals surface area contributed by atoms with E-state index in [9.17, 15) is 8.42 Å². The fourth-order valence-corrected chi connectivity index (χ4v) is 4.73. The first-order valence-electron chi connectivity index (χ1n) is 7.10. The average Bonchev–Trinajstić information content (AvgIpc) is 2.38. The van der Waals surface area contributed by atoms with E-state index in [0.29, 0.717) is 15.3 Å². The molecule has 1 heterocycles. The molecular weight excluding hydrogens is 338 g/mol. The smallest absolute Gasteiger partial charge is 0.181 e. The molecule has 1 atom stereocenters. The Morgan fingerprint density at radius 1 is 1.35 bits per heavy atom. The van der Waals surface area contributed by atoms with E-state index in [1.807, 2.05) is 12.1 Å². The summed E-state index contributed by atoms with van der Waals surface area (Å²) in [6.07, 6.45) is 2.47. The predicted molar refractivity (Wildman–Crippen MR) is 87.1 cm³/mol. The van der Waals surface area contributed by atoms with E-state index < -0.39 is 15.1 Å². The molecule has 1 unspecified atom stereocenters. The van der Waals surface area contributed by atoms with E-state index in [2.05, 4.69) is 27.8 Å². The molecule has 1 fully saturated rings. The minimum absolute atomic E-state index is 0.390. The van der Waals surface area contributed by atoms with Gasteiger partial charge in [-0.2, -0.15) is 0 Å². The van der Waals surface area contributed by atoms with Gasteiger partial charge in [-0.15, -0.1) is 0 Å². The van der Waals surface area contributed by atoms with E-state index in [1.54, 1.807) is 19.9 Å². The molecular formula is C15H22BrNO2S. The van der Waals surface area contributed by atoms with Crippen LogP contribution in [0.3, 0.4) is 0 Å². The van der Waals surface area contributed by atoms with Crippen LogP contribution in [-0.4, -0.2) is 26.8 Å². The molecule has 0 saturated carbocycles. The third-order valence-corrected chi connectivity index (χ3v) is 6.99. The lowest BCUT2D eigenvalue weighted by atomic mass is 10.00. The van der Waals surface area contributed by atoms with Crippen molar-refractivity contribution in [1.29, 1.82) is 0 Å². The van der Waals surface area contributed by atoms with Gasteiger partial charge < -0.3 is 4.90 Å². The Labute approximate surface area is 130 Å². The number of sulfone groups is 1. The molecule has 1 aliphatic rings. The van der Waals surface area contributed by atoms with Crippen LogP contribution in [0.4, 0.5) is 5.69 Å². The maximum atomic E-state index is 12.2. The molecule has 1 saturated heterocycles. The number of hydrogen-bond acceptors (Lipinski definition) is 3. The topological polar surface area (TPSA) is 37.4 Å². The number of rotatable bonds is 3. The number of benzene rings is 1. The predicted octanol–water partition coefficient (Wildman–Crippen LogP) is 3.87. The molecule has 0 radical (unpaired) electrons. The molecule has 0 N–H and O–H groups in total. The Morgan fingerprint density at radius 2 is 2.05 bits per heavy atom. The minimum Gasteiger partial charge on any atom is -0.371 e. The van der Waals surface area contributed by atoms with Gasteiger partial charge in [0.2, 0.25) is 0 Å². The SMILES string of the molecule is CC1CCCN(c2ccc(S(=O)(=O)C(C)C)c(Br)c2)C1. The molecule has 3 nitrogen and oxygen atoms in total. The second kappa shape index (κ2) is 6.06. The van der Waals surface area contributed by atoms with Gasteiger partial charge in [0.25, 0.3) is 0 Å². The Bertz CT molecular complexity index is 584. The van der Waals surface area contributed by atoms with E-state index in [1.165, 1.54) is 12.8 Å². The molecule has 112 valence electrons. The third-order valence-electron chi connectivity index (χ3n) is 3.86. The summed E-state index contributed by atoms with van der Waals surface area (Å²) in [7, 11) is -3.23. The number of piperidine rings is 1. The first-order valence-corrected chi connectivity index (χ1v) is 9.44. The molecule has 1 aromatic carbocycles. The molecule has 5 heteroatoms. The standard InChI is InChI=1S/C15H22BrNO2S/c1-11(2)20(18,19)15-7-6-13(9-14(15)16)17-8-4-5-12(3)10-17/h6-7,9,11-12H,4-5,8,10H2,1-3H3. The van der Waals surface area contributed by atoms with Gasteiger partial charge in [-0.25, -0.2) is 8.42 Å². The highest BCUT2D eigenvalue weighted by molar-refractivity contribution is 9.10. The van der Waals surface area contributed by atoms with Crippen LogP contribution in [-0.2, 0) is 9.84 Å². The van der Waals surface area contributed by atoms with Crippen molar-refractivity contribution < 1.29 is 8.42 Å². The molecule has 0 amide bonds. The molecule has 0 aliphatic carbocycles. The van der Waals surface area contributed by atoms with E-state index in [0.717, 1.165) is 18.8 Å². The van der Waals surface area contributed by atoms with Crippen LogP contribution in [0.2, 0.25) is 0 Å². The van der Waals surface area contributed by atoms with Crippen molar-refractivity contribution in [2.75, 3.05) is 18.0 Å². The van der Waals surface area contributed by atoms with Crippen molar-refractivity contribution in [3.63, 3.8) is 0 Å². The summed E-state index contributed by atoms with van der Waals surface area (Å²) in [5.74, 6) is 0.696. The van der Waals surface area contributed by atoms with Gasteiger partial charge in [0.15, 0.2) is 9.84 Å². The number of anilines is 1.